The minimum Gasteiger partial charge on any atom is -0.491 e. The van der Waals surface area contributed by atoms with Gasteiger partial charge in [0.2, 0.25) is 0 Å². The number of nitrogen functional groups attached to an aromatic ring is 5. The summed E-state index contributed by atoms with van der Waals surface area (Å²) in [5.41, 5.74) is 35.0. The van der Waals surface area contributed by atoms with Crippen molar-refractivity contribution < 1.29 is 30.7 Å². The fraction of sp³-hybridized carbons (Fsp3) is 0.333. The van der Waals surface area contributed by atoms with Crippen molar-refractivity contribution in [2.24, 2.45) is 5.73 Å². The van der Waals surface area contributed by atoms with Gasteiger partial charge >= 0.3 is 0 Å². The number of hydrogen-bond acceptors (Lipinski definition) is 11. The molecule has 0 unspecified atom stereocenters. The van der Waals surface area contributed by atoms with Crippen molar-refractivity contribution in [3.05, 3.63) is 60.2 Å². The van der Waals surface area contributed by atoms with Crippen LogP contribution in [0.4, 0.5) is 28.4 Å². The quantitative estimate of drug-likeness (QED) is 0.109. The molecule has 0 amide bonds. The van der Waals surface area contributed by atoms with E-state index in [9.17, 15) is 16.8 Å². The lowest BCUT2D eigenvalue weighted by Crippen LogP contribution is -2.03. The number of anilines is 5. The molecule has 0 saturated heterocycles. The summed E-state index contributed by atoms with van der Waals surface area (Å²) in [4.78, 5) is -0.505. The van der Waals surface area contributed by atoms with Gasteiger partial charge in [0, 0.05) is 23.1 Å². The van der Waals surface area contributed by atoms with E-state index in [-0.39, 0.29) is 21.2 Å². The Bertz CT molecular complexity index is 1420. The molecular formula is C27H46N6O7S2. The molecule has 0 spiro atoms. The molecule has 3 aromatic carbocycles. The van der Waals surface area contributed by atoms with E-state index >= 15 is 0 Å². The predicted molar refractivity (Wildman–Crippen MR) is 172 cm³/mol. The summed E-state index contributed by atoms with van der Waals surface area (Å²) in [6.07, 6.45) is 3.40. The third-order valence-electron chi connectivity index (χ3n) is 4.65. The van der Waals surface area contributed by atoms with Gasteiger partial charge in [-0.25, -0.2) is 0 Å². The molecule has 0 aliphatic carbocycles. The van der Waals surface area contributed by atoms with Crippen LogP contribution < -0.4 is 39.1 Å². The number of unbranched alkanes of at least 4 members (excludes halogenated alkanes) is 1. The Morgan fingerprint density at radius 1 is 0.690 bits per heavy atom. The molecule has 0 saturated carbocycles. The smallest absolute Gasteiger partial charge is 0.296 e. The molecule has 15 heteroatoms. The van der Waals surface area contributed by atoms with Crippen molar-refractivity contribution in [1.29, 1.82) is 0 Å². The molecular weight excluding hydrogens is 584 g/mol. The number of ether oxygens (including phenoxy) is 1. The highest BCUT2D eigenvalue weighted by molar-refractivity contribution is 7.86. The molecule has 13 nitrogen and oxygen atoms in total. The van der Waals surface area contributed by atoms with Crippen molar-refractivity contribution in [3.63, 3.8) is 0 Å². The second-order valence-electron chi connectivity index (χ2n) is 8.47. The Morgan fingerprint density at radius 3 is 1.62 bits per heavy atom. The van der Waals surface area contributed by atoms with Gasteiger partial charge in [-0.05, 0) is 74.5 Å². The van der Waals surface area contributed by atoms with Crippen LogP contribution in [0.1, 0.15) is 45.6 Å². The zero-order chi connectivity index (χ0) is 33.1. The standard InChI is InChI=1S/C11H18N2O.C6H8N2O3S.C6H7NO3S.C3H8.CH5N/c1-3-4-5-14-11-7-9(12)8(2)6-10(11)13;7-4-1-2-5(8)6(3-4)12(9,10)11;7-5-1-3-6(4-2-5)11(8,9)10;1-3-2;1-2/h6-7H,3-5,12-13H2,1-2H3;1-3H,7-8H2,(H,9,10,11);1-4H,7H2,(H,8,9,10);3H2,1-2H3;2H2,1H3. The lowest BCUT2D eigenvalue weighted by molar-refractivity contribution is 0.311. The first-order chi connectivity index (χ1) is 19.5. The molecule has 14 N–H and O–H groups in total. The van der Waals surface area contributed by atoms with Gasteiger partial charge in [-0.15, -0.1) is 0 Å². The topological polar surface area (TPSA) is 274 Å². The molecule has 0 atom stereocenters. The third kappa shape index (κ3) is 16.5. The monoisotopic (exact) mass is 630 g/mol. The highest BCUT2D eigenvalue weighted by Gasteiger charge is 2.13. The normalized spacial score (nSPS) is 10.2. The molecule has 0 heterocycles. The van der Waals surface area contributed by atoms with Crippen LogP contribution in [0.25, 0.3) is 0 Å². The number of aryl methyl sites for hydroxylation is 1. The average molecular weight is 631 g/mol. The summed E-state index contributed by atoms with van der Waals surface area (Å²) in [7, 11) is -6.84. The van der Waals surface area contributed by atoms with E-state index < -0.39 is 20.2 Å². The van der Waals surface area contributed by atoms with E-state index in [0.717, 1.165) is 30.2 Å². The van der Waals surface area contributed by atoms with Crippen molar-refractivity contribution in [2.45, 2.75) is 56.7 Å². The van der Waals surface area contributed by atoms with E-state index in [2.05, 4.69) is 26.5 Å². The van der Waals surface area contributed by atoms with Crippen LogP contribution >= 0.6 is 0 Å². The highest BCUT2D eigenvalue weighted by atomic mass is 32.2. The number of benzene rings is 3. The van der Waals surface area contributed by atoms with Gasteiger partial charge in [0.25, 0.3) is 20.2 Å². The summed E-state index contributed by atoms with van der Waals surface area (Å²) in [6.45, 7) is 9.00. The van der Waals surface area contributed by atoms with Gasteiger partial charge in [-0.1, -0.05) is 33.6 Å². The van der Waals surface area contributed by atoms with E-state index in [1.807, 2.05) is 13.0 Å². The predicted octanol–water partition coefficient (Wildman–Crippen LogP) is 3.94. The van der Waals surface area contributed by atoms with Gasteiger partial charge in [0.05, 0.1) is 22.9 Å². The average Bonchev–Trinajstić information content (AvgIpc) is 2.90. The van der Waals surface area contributed by atoms with Crippen LogP contribution in [0.2, 0.25) is 0 Å². The van der Waals surface area contributed by atoms with Crippen molar-refractivity contribution in [2.75, 3.05) is 42.3 Å². The van der Waals surface area contributed by atoms with Crippen LogP contribution in [0, 0.1) is 6.92 Å². The minimum atomic E-state index is -4.26. The van der Waals surface area contributed by atoms with Gasteiger partial charge in [0.1, 0.15) is 10.6 Å². The fourth-order valence-corrected chi connectivity index (χ4v) is 3.72. The van der Waals surface area contributed by atoms with Crippen molar-refractivity contribution in [1.82, 2.24) is 0 Å². The van der Waals surface area contributed by atoms with Crippen LogP contribution in [0.5, 0.6) is 5.75 Å². The summed E-state index contributed by atoms with van der Waals surface area (Å²) < 4.78 is 64.8. The van der Waals surface area contributed by atoms with Gasteiger partial charge in [0.15, 0.2) is 0 Å². The zero-order valence-electron chi connectivity index (χ0n) is 24.7. The first kappa shape index (κ1) is 40.4. The number of rotatable bonds is 6. The van der Waals surface area contributed by atoms with E-state index in [1.165, 1.54) is 49.9 Å². The fourth-order valence-electron chi connectivity index (χ4n) is 2.59. The molecule has 0 radical (unpaired) electrons. The van der Waals surface area contributed by atoms with Gasteiger partial charge in [-0.2, -0.15) is 16.8 Å². The van der Waals surface area contributed by atoms with Crippen molar-refractivity contribution >= 4 is 48.7 Å². The Labute approximate surface area is 249 Å². The molecule has 0 aliphatic heterocycles. The van der Waals surface area contributed by atoms with Gasteiger partial charge in [-0.3, -0.25) is 9.11 Å². The Balaban J connectivity index is 0. The van der Waals surface area contributed by atoms with E-state index in [0.29, 0.717) is 23.7 Å². The Kier molecular flexibility index (Phi) is 19.4. The molecule has 0 aromatic heterocycles. The van der Waals surface area contributed by atoms with Crippen LogP contribution in [0.3, 0.4) is 0 Å². The number of hydrogen-bond donors (Lipinski definition) is 8. The summed E-state index contributed by atoms with van der Waals surface area (Å²) in [5, 5.41) is 0. The van der Waals surface area contributed by atoms with Crippen LogP contribution in [-0.2, 0) is 20.2 Å². The first-order valence-electron chi connectivity index (χ1n) is 12.8. The largest absolute Gasteiger partial charge is 0.491 e. The SMILES string of the molecule is CCC.CCCCOc1cc(N)c(C)cc1N.CN.Nc1ccc(N)c(S(=O)(=O)O)c1.Nc1ccc(S(=O)(=O)O)cc1. The Morgan fingerprint density at radius 2 is 1.19 bits per heavy atom. The lowest BCUT2D eigenvalue weighted by Gasteiger charge is -2.10. The lowest BCUT2D eigenvalue weighted by atomic mass is 10.1. The second-order valence-corrected chi connectivity index (χ2v) is 11.3. The maximum Gasteiger partial charge on any atom is 0.296 e. The molecule has 0 aliphatic rings. The first-order valence-corrected chi connectivity index (χ1v) is 15.7. The third-order valence-corrected chi connectivity index (χ3v) is 6.42. The Hall–Kier alpha value is -3.76. The zero-order valence-corrected chi connectivity index (χ0v) is 26.4. The summed E-state index contributed by atoms with van der Waals surface area (Å²) >= 11 is 0. The number of nitrogens with two attached hydrogens (primary N) is 6. The summed E-state index contributed by atoms with van der Waals surface area (Å²) in [6, 6.07) is 12.8. The highest BCUT2D eigenvalue weighted by Crippen LogP contribution is 2.27. The van der Waals surface area contributed by atoms with Crippen molar-refractivity contribution in [3.8, 4) is 5.75 Å². The molecule has 238 valence electrons. The summed E-state index contributed by atoms with van der Waals surface area (Å²) in [5.74, 6) is 0.696. The van der Waals surface area contributed by atoms with Gasteiger partial charge < -0.3 is 39.1 Å². The van der Waals surface area contributed by atoms with Crippen LogP contribution in [-0.4, -0.2) is 39.6 Å². The molecule has 3 aromatic rings. The maximum atomic E-state index is 10.6. The molecule has 0 fully saturated rings. The molecule has 0 bridgehead atoms. The maximum absolute atomic E-state index is 10.6. The van der Waals surface area contributed by atoms with E-state index in [1.54, 1.807) is 6.07 Å². The molecule has 3 rings (SSSR count). The van der Waals surface area contributed by atoms with Crippen LogP contribution in [0.15, 0.2) is 64.4 Å². The van der Waals surface area contributed by atoms with E-state index in [4.69, 9.17) is 42.5 Å². The molecule has 42 heavy (non-hydrogen) atoms. The minimum absolute atomic E-state index is 0.0216. The second kappa shape index (κ2) is 20.2.